The highest BCUT2D eigenvalue weighted by Gasteiger charge is 2.33. The predicted molar refractivity (Wildman–Crippen MR) is 141 cm³/mol. The van der Waals surface area contributed by atoms with Crippen LogP contribution in [-0.4, -0.2) is 23.4 Å². The van der Waals surface area contributed by atoms with Gasteiger partial charge in [-0.25, -0.2) is 0 Å². The molecule has 1 saturated heterocycles. The fourth-order valence-corrected chi connectivity index (χ4v) is 4.78. The van der Waals surface area contributed by atoms with Crippen molar-refractivity contribution in [2.24, 2.45) is 0 Å². The first-order valence-electron chi connectivity index (χ1n) is 10.1. The van der Waals surface area contributed by atoms with E-state index in [9.17, 15) is 4.79 Å². The molecule has 1 heterocycles. The molecule has 3 aromatic rings. The molecule has 33 heavy (non-hydrogen) atoms. The zero-order chi connectivity index (χ0) is 23.4. The van der Waals surface area contributed by atoms with Crippen molar-refractivity contribution in [3.8, 4) is 11.5 Å². The van der Waals surface area contributed by atoms with Crippen LogP contribution >= 0.6 is 47.2 Å². The Kier molecular flexibility index (Phi) is 7.60. The number of hydrogen-bond donors (Lipinski definition) is 0. The number of thiocarbonyl (C=S) groups is 1. The number of benzene rings is 3. The topological polar surface area (TPSA) is 38.8 Å². The van der Waals surface area contributed by atoms with Crippen molar-refractivity contribution in [2.45, 2.75) is 6.92 Å². The number of nitrogens with zero attached hydrogens (tertiary/aromatic N) is 1. The highest BCUT2D eigenvalue weighted by Crippen LogP contribution is 2.37. The van der Waals surface area contributed by atoms with Gasteiger partial charge in [0.2, 0.25) is 0 Å². The van der Waals surface area contributed by atoms with Crippen LogP contribution in [0.2, 0.25) is 10.0 Å². The van der Waals surface area contributed by atoms with E-state index in [4.69, 9.17) is 44.9 Å². The maximum atomic E-state index is 13.0. The SMILES string of the molecule is Cc1cc(OCCOc2ccc(Cl)cc2C=C2SC(=S)N(c3ccccc3)C2=O)ccc1Cl. The fourth-order valence-electron chi connectivity index (χ4n) is 3.19. The second-order valence-electron chi connectivity index (χ2n) is 7.14. The number of halogens is 2. The summed E-state index contributed by atoms with van der Waals surface area (Å²) in [4.78, 5) is 15.1. The van der Waals surface area contributed by atoms with Crippen LogP contribution in [0, 0.1) is 6.92 Å². The Morgan fingerprint density at radius 1 is 1.00 bits per heavy atom. The van der Waals surface area contributed by atoms with Crippen LogP contribution in [0.4, 0.5) is 5.69 Å². The maximum Gasteiger partial charge on any atom is 0.270 e. The molecule has 0 bridgehead atoms. The van der Waals surface area contributed by atoms with Crippen LogP contribution in [-0.2, 0) is 4.79 Å². The highest BCUT2D eigenvalue weighted by molar-refractivity contribution is 8.27. The summed E-state index contributed by atoms with van der Waals surface area (Å²) in [6.45, 7) is 2.58. The van der Waals surface area contributed by atoms with Gasteiger partial charge in [0, 0.05) is 15.6 Å². The summed E-state index contributed by atoms with van der Waals surface area (Å²) >= 11 is 19.0. The van der Waals surface area contributed by atoms with E-state index in [0.717, 1.165) is 17.0 Å². The minimum atomic E-state index is -0.177. The number of anilines is 1. The summed E-state index contributed by atoms with van der Waals surface area (Å²) in [6, 6.07) is 20.1. The number of carbonyl (C=O) groups excluding carboxylic acids is 1. The molecular formula is C25H19Cl2NO3S2. The van der Waals surface area contributed by atoms with Crippen molar-refractivity contribution < 1.29 is 14.3 Å². The van der Waals surface area contributed by atoms with Crippen molar-refractivity contribution in [1.82, 2.24) is 0 Å². The van der Waals surface area contributed by atoms with E-state index in [2.05, 4.69) is 0 Å². The second-order valence-corrected chi connectivity index (χ2v) is 9.66. The number of rotatable bonds is 7. The molecule has 0 N–H and O–H groups in total. The molecule has 1 aliphatic heterocycles. The Morgan fingerprint density at radius 2 is 1.76 bits per heavy atom. The smallest absolute Gasteiger partial charge is 0.270 e. The van der Waals surface area contributed by atoms with E-state index in [1.54, 1.807) is 30.3 Å². The molecule has 8 heteroatoms. The third kappa shape index (κ3) is 5.71. The molecule has 1 fully saturated rings. The number of amides is 1. The molecule has 4 nitrogen and oxygen atoms in total. The van der Waals surface area contributed by atoms with Crippen LogP contribution in [0.3, 0.4) is 0 Å². The number of carbonyl (C=O) groups is 1. The molecule has 1 aliphatic rings. The van der Waals surface area contributed by atoms with Crippen LogP contribution in [0.5, 0.6) is 11.5 Å². The van der Waals surface area contributed by atoms with Crippen LogP contribution in [0.15, 0.2) is 71.6 Å². The normalized spacial score (nSPS) is 14.8. The van der Waals surface area contributed by atoms with Crippen molar-refractivity contribution in [3.05, 3.63) is 92.8 Å². The zero-order valence-corrected chi connectivity index (χ0v) is 20.7. The van der Waals surface area contributed by atoms with E-state index in [0.29, 0.717) is 43.8 Å². The minimum Gasteiger partial charge on any atom is -0.490 e. The Hall–Kier alpha value is -2.51. The first kappa shape index (κ1) is 23.6. The van der Waals surface area contributed by atoms with Gasteiger partial charge in [0.05, 0.1) is 10.6 Å². The number of thioether (sulfide) groups is 1. The van der Waals surface area contributed by atoms with Gasteiger partial charge in [-0.2, -0.15) is 0 Å². The largest absolute Gasteiger partial charge is 0.490 e. The van der Waals surface area contributed by atoms with Crippen LogP contribution in [0.1, 0.15) is 11.1 Å². The molecule has 0 spiro atoms. The summed E-state index contributed by atoms with van der Waals surface area (Å²) in [7, 11) is 0. The van der Waals surface area contributed by atoms with Gasteiger partial charge in [-0.15, -0.1) is 0 Å². The molecule has 0 radical (unpaired) electrons. The molecule has 0 unspecified atom stereocenters. The quantitative estimate of drug-likeness (QED) is 0.189. The number of hydrogen-bond acceptors (Lipinski definition) is 5. The maximum absolute atomic E-state index is 13.0. The number of ether oxygens (including phenoxy) is 2. The lowest BCUT2D eigenvalue weighted by Crippen LogP contribution is -2.27. The zero-order valence-electron chi connectivity index (χ0n) is 17.6. The monoisotopic (exact) mass is 515 g/mol. The summed E-state index contributed by atoms with van der Waals surface area (Å²) in [6.07, 6.45) is 1.76. The first-order chi connectivity index (χ1) is 15.9. The lowest BCUT2D eigenvalue weighted by atomic mass is 10.1. The first-order valence-corrected chi connectivity index (χ1v) is 12.0. The lowest BCUT2D eigenvalue weighted by molar-refractivity contribution is -0.113. The number of para-hydroxylation sites is 1. The fraction of sp³-hybridized carbons (Fsp3) is 0.120. The molecular weight excluding hydrogens is 497 g/mol. The van der Waals surface area contributed by atoms with Gasteiger partial charge in [-0.05, 0) is 67.1 Å². The Labute approximate surface area is 212 Å². The van der Waals surface area contributed by atoms with Crippen molar-refractivity contribution in [3.63, 3.8) is 0 Å². The minimum absolute atomic E-state index is 0.177. The summed E-state index contributed by atoms with van der Waals surface area (Å²) in [5.74, 6) is 1.14. The number of aryl methyl sites for hydroxylation is 1. The van der Waals surface area contributed by atoms with Gasteiger partial charge in [0.15, 0.2) is 4.32 Å². The van der Waals surface area contributed by atoms with Gasteiger partial charge in [0.1, 0.15) is 24.7 Å². The molecule has 0 atom stereocenters. The lowest BCUT2D eigenvalue weighted by Gasteiger charge is -2.14. The van der Waals surface area contributed by atoms with Crippen LogP contribution in [0.25, 0.3) is 6.08 Å². The average Bonchev–Trinajstić information content (AvgIpc) is 3.08. The molecule has 3 aromatic carbocycles. The van der Waals surface area contributed by atoms with Crippen LogP contribution < -0.4 is 14.4 Å². The van der Waals surface area contributed by atoms with E-state index >= 15 is 0 Å². The van der Waals surface area contributed by atoms with Gasteiger partial charge in [0.25, 0.3) is 5.91 Å². The van der Waals surface area contributed by atoms with E-state index < -0.39 is 0 Å². The summed E-state index contributed by atoms with van der Waals surface area (Å²) in [5, 5.41) is 1.24. The summed E-state index contributed by atoms with van der Waals surface area (Å²) in [5.41, 5.74) is 2.38. The molecule has 0 aromatic heterocycles. The third-order valence-corrected chi connectivity index (χ3v) is 6.77. The molecule has 0 aliphatic carbocycles. The van der Waals surface area contributed by atoms with E-state index in [1.807, 2.05) is 49.4 Å². The van der Waals surface area contributed by atoms with Crippen molar-refractivity contribution in [2.75, 3.05) is 18.1 Å². The van der Waals surface area contributed by atoms with E-state index in [1.165, 1.54) is 16.7 Å². The van der Waals surface area contributed by atoms with Crippen molar-refractivity contribution in [1.29, 1.82) is 0 Å². The average molecular weight is 516 g/mol. The predicted octanol–water partition coefficient (Wildman–Crippen LogP) is 7.17. The van der Waals surface area contributed by atoms with Gasteiger partial charge in [-0.3, -0.25) is 9.69 Å². The third-order valence-electron chi connectivity index (χ3n) is 4.81. The standard InChI is InChI=1S/C25H19Cl2NO3S2/c1-16-13-20(8-9-21(16)27)30-11-12-31-22-10-7-18(26)14-17(22)15-23-24(29)28(25(32)33-23)19-5-3-2-4-6-19/h2-10,13-15H,11-12H2,1H3. The van der Waals surface area contributed by atoms with Gasteiger partial charge < -0.3 is 9.47 Å². The Bertz CT molecular complexity index is 1230. The van der Waals surface area contributed by atoms with E-state index in [-0.39, 0.29) is 5.91 Å². The van der Waals surface area contributed by atoms with Gasteiger partial charge in [-0.1, -0.05) is 65.4 Å². The summed E-state index contributed by atoms with van der Waals surface area (Å²) < 4.78 is 12.2. The molecule has 4 rings (SSSR count). The highest BCUT2D eigenvalue weighted by atomic mass is 35.5. The Balaban J connectivity index is 1.46. The van der Waals surface area contributed by atoms with Gasteiger partial charge >= 0.3 is 0 Å². The molecule has 1 amide bonds. The molecule has 0 saturated carbocycles. The Morgan fingerprint density at radius 3 is 2.52 bits per heavy atom. The van der Waals surface area contributed by atoms with Crippen molar-refractivity contribution >= 4 is 69.2 Å². The molecule has 168 valence electrons. The second kappa shape index (κ2) is 10.6.